The first kappa shape index (κ1) is 19.2. The Labute approximate surface area is 175 Å². The van der Waals surface area contributed by atoms with Gasteiger partial charge < -0.3 is 4.42 Å². The number of nitrogens with zero attached hydrogens (tertiary/aromatic N) is 3. The SMILES string of the molecule is Cc1ccc(C)n1N1C(=O)/C(=C\c2ccc(-c3ccccc3[N+](=O)[O-])o2)SC1=S. The highest BCUT2D eigenvalue weighted by atomic mass is 32.2. The summed E-state index contributed by atoms with van der Waals surface area (Å²) >= 11 is 6.59. The van der Waals surface area contributed by atoms with Gasteiger partial charge in [-0.25, -0.2) is 0 Å². The Bertz CT molecular complexity index is 1170. The van der Waals surface area contributed by atoms with Crippen molar-refractivity contribution >= 4 is 46.0 Å². The van der Waals surface area contributed by atoms with Gasteiger partial charge in [-0.2, -0.15) is 5.01 Å². The Morgan fingerprint density at radius 3 is 2.48 bits per heavy atom. The van der Waals surface area contributed by atoms with E-state index in [2.05, 4.69) is 0 Å². The largest absolute Gasteiger partial charge is 0.456 e. The van der Waals surface area contributed by atoms with E-state index in [1.165, 1.54) is 22.8 Å². The van der Waals surface area contributed by atoms with Crippen LogP contribution in [0.4, 0.5) is 5.69 Å². The van der Waals surface area contributed by atoms with Crippen molar-refractivity contribution in [3.8, 4) is 11.3 Å². The highest BCUT2D eigenvalue weighted by molar-refractivity contribution is 8.27. The Balaban J connectivity index is 1.66. The fourth-order valence-electron chi connectivity index (χ4n) is 3.15. The van der Waals surface area contributed by atoms with Crippen LogP contribution in [0.15, 0.2) is 57.9 Å². The van der Waals surface area contributed by atoms with Gasteiger partial charge in [-0.1, -0.05) is 23.9 Å². The Kier molecular flexibility index (Phi) is 4.85. The first-order valence-corrected chi connectivity index (χ1v) is 9.86. The average molecular weight is 425 g/mol. The Hall–Kier alpha value is -3.17. The van der Waals surface area contributed by atoms with Gasteiger partial charge in [0.1, 0.15) is 11.5 Å². The van der Waals surface area contributed by atoms with Gasteiger partial charge in [-0.05, 0) is 56.4 Å². The van der Waals surface area contributed by atoms with Crippen molar-refractivity contribution < 1.29 is 14.1 Å². The minimum absolute atomic E-state index is 0.0433. The lowest BCUT2D eigenvalue weighted by Gasteiger charge is -2.20. The van der Waals surface area contributed by atoms with Crippen molar-refractivity contribution in [2.45, 2.75) is 13.8 Å². The second-order valence-corrected chi connectivity index (χ2v) is 8.07. The molecule has 1 fully saturated rings. The molecular formula is C20H15N3O4S2. The lowest BCUT2D eigenvalue weighted by Crippen LogP contribution is -2.39. The zero-order chi connectivity index (χ0) is 20.7. The Morgan fingerprint density at radius 2 is 1.79 bits per heavy atom. The molecule has 3 heterocycles. The Morgan fingerprint density at radius 1 is 1.10 bits per heavy atom. The lowest BCUT2D eigenvalue weighted by atomic mass is 10.1. The summed E-state index contributed by atoms with van der Waals surface area (Å²) in [4.78, 5) is 24.2. The van der Waals surface area contributed by atoms with E-state index in [9.17, 15) is 14.9 Å². The third kappa shape index (κ3) is 3.39. The number of nitro benzene ring substituents is 1. The number of thiocarbonyl (C=S) groups is 1. The maximum absolute atomic E-state index is 12.9. The highest BCUT2D eigenvalue weighted by Gasteiger charge is 2.35. The molecule has 0 N–H and O–H groups in total. The van der Waals surface area contributed by atoms with Crippen LogP contribution >= 0.6 is 24.0 Å². The van der Waals surface area contributed by atoms with E-state index < -0.39 is 4.92 Å². The van der Waals surface area contributed by atoms with Crippen LogP contribution in [0.5, 0.6) is 0 Å². The number of benzene rings is 1. The number of aromatic nitrogens is 1. The number of hydrogen-bond donors (Lipinski definition) is 0. The summed E-state index contributed by atoms with van der Waals surface area (Å²) < 4.78 is 7.97. The van der Waals surface area contributed by atoms with Gasteiger partial charge in [-0.3, -0.25) is 19.6 Å². The lowest BCUT2D eigenvalue weighted by molar-refractivity contribution is -0.384. The molecule has 0 saturated carbocycles. The van der Waals surface area contributed by atoms with Crippen LogP contribution in [0.1, 0.15) is 17.1 Å². The van der Waals surface area contributed by atoms with Crippen molar-refractivity contribution in [3.05, 3.63) is 80.7 Å². The number of carbonyl (C=O) groups is 1. The minimum Gasteiger partial charge on any atom is -0.456 e. The van der Waals surface area contributed by atoms with E-state index in [1.54, 1.807) is 41.1 Å². The number of furan rings is 1. The van der Waals surface area contributed by atoms with Crippen LogP contribution in [-0.2, 0) is 4.79 Å². The first-order valence-electron chi connectivity index (χ1n) is 8.63. The molecule has 0 bridgehead atoms. The number of rotatable bonds is 4. The molecule has 3 aromatic rings. The van der Waals surface area contributed by atoms with E-state index in [1.807, 2.05) is 26.0 Å². The zero-order valence-electron chi connectivity index (χ0n) is 15.5. The van der Waals surface area contributed by atoms with E-state index in [-0.39, 0.29) is 11.6 Å². The quantitative estimate of drug-likeness (QED) is 0.258. The molecule has 146 valence electrons. The van der Waals surface area contributed by atoms with Gasteiger partial charge in [0.15, 0.2) is 4.32 Å². The normalized spacial score (nSPS) is 15.5. The second kappa shape index (κ2) is 7.34. The van der Waals surface area contributed by atoms with Crippen molar-refractivity contribution in [3.63, 3.8) is 0 Å². The number of thioether (sulfide) groups is 1. The van der Waals surface area contributed by atoms with Crippen LogP contribution in [0.3, 0.4) is 0 Å². The number of nitro groups is 1. The molecule has 1 amide bonds. The third-order valence-corrected chi connectivity index (χ3v) is 5.76. The van der Waals surface area contributed by atoms with E-state index >= 15 is 0 Å². The molecule has 1 saturated heterocycles. The van der Waals surface area contributed by atoms with Gasteiger partial charge in [0, 0.05) is 23.5 Å². The van der Waals surface area contributed by atoms with Gasteiger partial charge in [0.2, 0.25) is 0 Å². The summed E-state index contributed by atoms with van der Waals surface area (Å²) in [7, 11) is 0. The van der Waals surface area contributed by atoms with Gasteiger partial charge in [0.05, 0.1) is 15.4 Å². The second-order valence-electron chi connectivity index (χ2n) is 6.40. The molecule has 1 aliphatic heterocycles. The molecule has 7 nitrogen and oxygen atoms in total. The van der Waals surface area contributed by atoms with Crippen LogP contribution in [0, 0.1) is 24.0 Å². The molecule has 4 rings (SSSR count). The number of carbonyl (C=O) groups excluding carboxylic acids is 1. The fraction of sp³-hybridized carbons (Fsp3) is 0.100. The van der Waals surface area contributed by atoms with Crippen molar-refractivity contribution in [2.24, 2.45) is 0 Å². The molecule has 0 radical (unpaired) electrons. The maximum Gasteiger partial charge on any atom is 0.285 e. The smallest absolute Gasteiger partial charge is 0.285 e. The summed E-state index contributed by atoms with van der Waals surface area (Å²) in [5.41, 5.74) is 2.13. The number of aryl methyl sites for hydroxylation is 2. The molecule has 2 aromatic heterocycles. The summed E-state index contributed by atoms with van der Waals surface area (Å²) in [6.45, 7) is 3.81. The molecule has 0 atom stereocenters. The summed E-state index contributed by atoms with van der Waals surface area (Å²) in [6, 6.07) is 13.5. The summed E-state index contributed by atoms with van der Waals surface area (Å²) in [6.07, 6.45) is 1.60. The van der Waals surface area contributed by atoms with Crippen LogP contribution in [0.2, 0.25) is 0 Å². The number of para-hydroxylation sites is 1. The van der Waals surface area contributed by atoms with Gasteiger partial charge in [-0.15, -0.1) is 0 Å². The molecule has 29 heavy (non-hydrogen) atoms. The topological polar surface area (TPSA) is 81.5 Å². The van der Waals surface area contributed by atoms with Crippen LogP contribution in [0.25, 0.3) is 17.4 Å². The molecule has 1 aromatic carbocycles. The average Bonchev–Trinajstić information content (AvgIpc) is 3.36. The number of amides is 1. The van der Waals surface area contributed by atoms with E-state index in [0.717, 1.165) is 11.4 Å². The fourth-order valence-corrected chi connectivity index (χ4v) is 4.38. The minimum atomic E-state index is -0.454. The van der Waals surface area contributed by atoms with Crippen molar-refractivity contribution in [1.82, 2.24) is 4.68 Å². The molecule has 0 aliphatic carbocycles. The first-order chi connectivity index (χ1) is 13.9. The highest BCUT2D eigenvalue weighted by Crippen LogP contribution is 2.35. The van der Waals surface area contributed by atoms with Crippen LogP contribution < -0.4 is 5.01 Å². The monoisotopic (exact) mass is 425 g/mol. The third-order valence-electron chi connectivity index (χ3n) is 4.47. The van der Waals surface area contributed by atoms with Crippen molar-refractivity contribution in [1.29, 1.82) is 0 Å². The molecule has 1 aliphatic rings. The molecule has 0 spiro atoms. The predicted octanol–water partition coefficient (Wildman–Crippen LogP) is 4.81. The maximum atomic E-state index is 12.9. The molecule has 0 unspecified atom stereocenters. The van der Waals surface area contributed by atoms with E-state index in [4.69, 9.17) is 16.6 Å². The standard InChI is InChI=1S/C20H15N3O4S2/c1-12-7-8-13(2)21(12)22-19(24)18(29-20(22)28)11-14-9-10-17(27-14)15-5-3-4-6-16(15)23(25)26/h3-11H,1-2H3/b18-11+. The van der Waals surface area contributed by atoms with E-state index in [0.29, 0.717) is 26.3 Å². The van der Waals surface area contributed by atoms with Crippen LogP contribution in [-0.4, -0.2) is 19.8 Å². The van der Waals surface area contributed by atoms with Gasteiger partial charge in [0.25, 0.3) is 11.6 Å². The zero-order valence-corrected chi connectivity index (χ0v) is 17.1. The molecular weight excluding hydrogens is 410 g/mol. The summed E-state index contributed by atoms with van der Waals surface area (Å²) in [5, 5.41) is 12.7. The van der Waals surface area contributed by atoms with Crippen molar-refractivity contribution in [2.75, 3.05) is 5.01 Å². The van der Waals surface area contributed by atoms with Gasteiger partial charge >= 0.3 is 0 Å². The predicted molar refractivity (Wildman–Crippen MR) is 116 cm³/mol. The number of hydrogen-bond acceptors (Lipinski definition) is 6. The summed E-state index contributed by atoms with van der Waals surface area (Å²) in [5.74, 6) is 0.529. The molecule has 9 heteroatoms.